The maximum absolute atomic E-state index is 12.6. The highest BCUT2D eigenvalue weighted by Crippen LogP contribution is 2.36. The summed E-state index contributed by atoms with van der Waals surface area (Å²) in [5, 5.41) is 7.38. The number of thiophene rings is 1. The molecule has 1 saturated heterocycles. The van der Waals surface area contributed by atoms with Crippen molar-refractivity contribution in [3.63, 3.8) is 0 Å². The first-order chi connectivity index (χ1) is 15.1. The third kappa shape index (κ3) is 4.37. The number of carbonyl (C=O) groups excluding carboxylic acids is 2. The summed E-state index contributed by atoms with van der Waals surface area (Å²) in [6, 6.07) is 16.2. The number of nitrogens with one attached hydrogen (secondary N) is 2. The number of ether oxygens (including phenoxy) is 2. The Kier molecular flexibility index (Phi) is 5.28. The lowest BCUT2D eigenvalue weighted by Crippen LogP contribution is -2.44. The summed E-state index contributed by atoms with van der Waals surface area (Å²) < 4.78 is 12.1. The zero-order chi connectivity index (χ0) is 21.3. The molecule has 2 aromatic carbocycles. The Bertz CT molecular complexity index is 1110. The number of hydrogen-bond acceptors (Lipinski definition) is 5. The first kappa shape index (κ1) is 19.9. The lowest BCUT2D eigenvalue weighted by molar-refractivity contribution is -0.122. The van der Waals surface area contributed by atoms with Gasteiger partial charge in [-0.3, -0.25) is 9.59 Å². The second-order valence-electron chi connectivity index (χ2n) is 8.22. The van der Waals surface area contributed by atoms with Crippen molar-refractivity contribution in [2.24, 2.45) is 0 Å². The van der Waals surface area contributed by atoms with E-state index < -0.39 is 5.54 Å². The molecule has 5 rings (SSSR count). The molecule has 0 saturated carbocycles. The second-order valence-corrected chi connectivity index (χ2v) is 9.39. The maximum atomic E-state index is 12.6. The van der Waals surface area contributed by atoms with Gasteiger partial charge in [-0.25, -0.2) is 0 Å². The van der Waals surface area contributed by atoms with Crippen molar-refractivity contribution >= 4 is 33.2 Å². The lowest BCUT2D eigenvalue weighted by atomic mass is 9.85. The molecule has 0 spiro atoms. The van der Waals surface area contributed by atoms with Gasteiger partial charge in [0.2, 0.25) is 18.6 Å². The van der Waals surface area contributed by atoms with Crippen molar-refractivity contribution in [3.05, 3.63) is 59.0 Å². The van der Waals surface area contributed by atoms with Crippen LogP contribution in [0.2, 0.25) is 0 Å². The van der Waals surface area contributed by atoms with E-state index >= 15 is 0 Å². The van der Waals surface area contributed by atoms with Crippen LogP contribution >= 0.6 is 11.3 Å². The molecule has 0 bridgehead atoms. The fraction of sp³-hybridized carbons (Fsp3) is 0.333. The average Bonchev–Trinajstić information content (AvgIpc) is 3.49. The summed E-state index contributed by atoms with van der Waals surface area (Å²) in [4.78, 5) is 25.7. The number of rotatable bonds is 7. The van der Waals surface area contributed by atoms with Crippen molar-refractivity contribution in [2.45, 2.75) is 44.2 Å². The molecule has 2 aliphatic rings. The molecule has 1 aromatic heterocycles. The Hall–Kier alpha value is -3.06. The number of carbonyl (C=O) groups is 2. The fourth-order valence-corrected chi connectivity index (χ4v) is 5.38. The quantitative estimate of drug-likeness (QED) is 0.589. The minimum absolute atomic E-state index is 0.00340. The molecule has 0 aliphatic carbocycles. The van der Waals surface area contributed by atoms with Gasteiger partial charge in [-0.05, 0) is 54.5 Å². The molecular formula is C24H24N2O4S. The molecule has 0 unspecified atom stereocenters. The molecule has 2 N–H and O–H groups in total. The molecule has 31 heavy (non-hydrogen) atoms. The summed E-state index contributed by atoms with van der Waals surface area (Å²) in [6.07, 6.45) is 2.86. The molecule has 2 amide bonds. The van der Waals surface area contributed by atoms with E-state index in [-0.39, 0.29) is 18.6 Å². The van der Waals surface area contributed by atoms with E-state index in [2.05, 4.69) is 28.8 Å². The van der Waals surface area contributed by atoms with Gasteiger partial charge in [-0.15, -0.1) is 11.3 Å². The van der Waals surface area contributed by atoms with Crippen LogP contribution in [0.1, 0.15) is 36.1 Å². The smallest absolute Gasteiger partial charge is 0.231 e. The zero-order valence-corrected chi connectivity index (χ0v) is 17.9. The molecule has 1 atom stereocenters. The topological polar surface area (TPSA) is 76.7 Å². The fourth-order valence-electron chi connectivity index (χ4n) is 4.37. The Morgan fingerprint density at radius 3 is 2.84 bits per heavy atom. The molecule has 160 valence electrons. The van der Waals surface area contributed by atoms with Crippen LogP contribution in [0.15, 0.2) is 48.5 Å². The zero-order valence-electron chi connectivity index (χ0n) is 17.1. The molecular weight excluding hydrogens is 412 g/mol. The molecule has 3 heterocycles. The normalized spacial score (nSPS) is 19.5. The van der Waals surface area contributed by atoms with E-state index in [1.807, 2.05) is 30.3 Å². The third-order valence-electron chi connectivity index (χ3n) is 5.98. The molecule has 2 aliphatic heterocycles. The molecule has 0 radical (unpaired) electrons. The summed E-state index contributed by atoms with van der Waals surface area (Å²) in [6.45, 7) is 0.764. The number of fused-ring (bicyclic) bond motifs is 2. The molecule has 6 nitrogen and oxygen atoms in total. The van der Waals surface area contributed by atoms with E-state index in [9.17, 15) is 9.59 Å². The van der Waals surface area contributed by atoms with Gasteiger partial charge in [-0.2, -0.15) is 0 Å². The van der Waals surface area contributed by atoms with E-state index in [4.69, 9.17) is 9.47 Å². The number of benzene rings is 2. The van der Waals surface area contributed by atoms with Gasteiger partial charge in [0, 0.05) is 28.0 Å². The van der Waals surface area contributed by atoms with Crippen molar-refractivity contribution < 1.29 is 19.1 Å². The average molecular weight is 437 g/mol. The Labute approximate surface area is 184 Å². The monoisotopic (exact) mass is 436 g/mol. The highest BCUT2D eigenvalue weighted by Gasteiger charge is 2.38. The van der Waals surface area contributed by atoms with Gasteiger partial charge in [0.05, 0.1) is 6.54 Å². The molecule has 1 fully saturated rings. The van der Waals surface area contributed by atoms with Gasteiger partial charge in [0.15, 0.2) is 11.5 Å². The maximum Gasteiger partial charge on any atom is 0.231 e. The Morgan fingerprint density at radius 1 is 1.13 bits per heavy atom. The van der Waals surface area contributed by atoms with Gasteiger partial charge >= 0.3 is 0 Å². The van der Waals surface area contributed by atoms with E-state index in [1.165, 1.54) is 10.1 Å². The minimum atomic E-state index is -0.403. The van der Waals surface area contributed by atoms with Crippen molar-refractivity contribution in [3.8, 4) is 11.5 Å². The highest BCUT2D eigenvalue weighted by atomic mass is 32.1. The highest BCUT2D eigenvalue weighted by molar-refractivity contribution is 7.19. The van der Waals surface area contributed by atoms with Crippen molar-refractivity contribution in [1.29, 1.82) is 0 Å². The van der Waals surface area contributed by atoms with Crippen LogP contribution in [0.25, 0.3) is 10.1 Å². The predicted molar refractivity (Wildman–Crippen MR) is 119 cm³/mol. The van der Waals surface area contributed by atoms with E-state index in [0.717, 1.165) is 28.4 Å². The van der Waals surface area contributed by atoms with Gasteiger partial charge < -0.3 is 20.1 Å². The Morgan fingerprint density at radius 2 is 2.00 bits per heavy atom. The number of hydrogen-bond donors (Lipinski definition) is 2. The van der Waals surface area contributed by atoms with Gasteiger partial charge in [0.1, 0.15) is 0 Å². The van der Waals surface area contributed by atoms with Crippen LogP contribution in [0.5, 0.6) is 11.5 Å². The van der Waals surface area contributed by atoms with Crippen LogP contribution in [0.4, 0.5) is 0 Å². The predicted octanol–water partition coefficient (Wildman–Crippen LogP) is 3.92. The largest absolute Gasteiger partial charge is 0.454 e. The Balaban J connectivity index is 1.20. The van der Waals surface area contributed by atoms with Crippen molar-refractivity contribution in [2.75, 3.05) is 6.79 Å². The van der Waals surface area contributed by atoms with Crippen LogP contribution in [0.3, 0.4) is 0 Å². The van der Waals surface area contributed by atoms with Crippen LogP contribution < -0.4 is 20.1 Å². The van der Waals surface area contributed by atoms with Crippen LogP contribution in [-0.2, 0) is 22.6 Å². The SMILES string of the molecule is O=C(CC[C@@]1(Cc2ccc3c(c2)OCO3)CCC(=O)N1)NCc1cc2ccccc2s1. The van der Waals surface area contributed by atoms with E-state index in [0.29, 0.717) is 32.2 Å². The van der Waals surface area contributed by atoms with Gasteiger partial charge in [-0.1, -0.05) is 24.3 Å². The first-order valence-electron chi connectivity index (χ1n) is 10.5. The molecule has 3 aromatic rings. The van der Waals surface area contributed by atoms with Gasteiger partial charge in [0.25, 0.3) is 0 Å². The second kappa shape index (κ2) is 8.23. The summed E-state index contributed by atoms with van der Waals surface area (Å²) in [5.41, 5.74) is 0.664. The standard InChI is InChI=1S/C24H24N2O4S/c27-22(25-14-18-12-17-3-1-2-4-21(17)31-18)7-9-24(10-8-23(28)26-24)13-16-5-6-19-20(11-16)30-15-29-19/h1-6,11-12H,7-10,13-15H2,(H,25,27)(H,26,28)/t24-/m0/s1. The summed E-state index contributed by atoms with van der Waals surface area (Å²) >= 11 is 1.70. The minimum Gasteiger partial charge on any atom is -0.454 e. The van der Waals surface area contributed by atoms with Crippen molar-refractivity contribution in [1.82, 2.24) is 10.6 Å². The lowest BCUT2D eigenvalue weighted by Gasteiger charge is -2.29. The van der Waals surface area contributed by atoms with Crippen LogP contribution in [-0.4, -0.2) is 24.1 Å². The molecule has 7 heteroatoms. The van der Waals surface area contributed by atoms with E-state index in [1.54, 1.807) is 11.3 Å². The summed E-state index contributed by atoms with van der Waals surface area (Å²) in [7, 11) is 0. The number of amides is 2. The summed E-state index contributed by atoms with van der Waals surface area (Å²) in [5.74, 6) is 1.53. The first-order valence-corrected chi connectivity index (χ1v) is 11.3. The van der Waals surface area contributed by atoms with Crippen LogP contribution in [0, 0.1) is 0 Å². The third-order valence-corrected chi connectivity index (χ3v) is 7.10.